The van der Waals surface area contributed by atoms with Crippen LogP contribution in [0.4, 0.5) is 5.69 Å². The molecule has 2 heterocycles. The first-order chi connectivity index (χ1) is 12.2. The Labute approximate surface area is 159 Å². The van der Waals surface area contributed by atoms with Crippen LogP contribution in [0.3, 0.4) is 0 Å². The van der Waals surface area contributed by atoms with Gasteiger partial charge in [0, 0.05) is 32.3 Å². The van der Waals surface area contributed by atoms with Gasteiger partial charge in [-0.1, -0.05) is 12.1 Å². The van der Waals surface area contributed by atoms with Crippen LogP contribution >= 0.6 is 12.4 Å². The lowest BCUT2D eigenvalue weighted by Gasteiger charge is -2.18. The fourth-order valence-corrected chi connectivity index (χ4v) is 3.35. The van der Waals surface area contributed by atoms with E-state index in [9.17, 15) is 4.79 Å². The molecule has 1 aromatic heterocycles. The number of para-hydroxylation sites is 2. The number of benzene rings is 1. The molecule has 1 aliphatic heterocycles. The van der Waals surface area contributed by atoms with Crippen molar-refractivity contribution in [3.05, 3.63) is 42.2 Å². The van der Waals surface area contributed by atoms with Gasteiger partial charge in [0.15, 0.2) is 0 Å². The Bertz CT molecular complexity index is 760. The number of amides is 1. The van der Waals surface area contributed by atoms with Crippen molar-refractivity contribution in [1.82, 2.24) is 15.1 Å². The van der Waals surface area contributed by atoms with Crippen molar-refractivity contribution in [2.45, 2.75) is 18.8 Å². The molecule has 26 heavy (non-hydrogen) atoms. The van der Waals surface area contributed by atoms with Crippen molar-refractivity contribution >= 4 is 24.0 Å². The highest BCUT2D eigenvalue weighted by Gasteiger charge is 2.35. The van der Waals surface area contributed by atoms with E-state index < -0.39 is 0 Å². The third-order valence-corrected chi connectivity index (χ3v) is 5.02. The van der Waals surface area contributed by atoms with Crippen LogP contribution in [-0.2, 0) is 11.8 Å². The van der Waals surface area contributed by atoms with E-state index in [0.29, 0.717) is 12.5 Å². The number of aryl methyl sites for hydroxylation is 1. The molecule has 2 N–H and O–H groups in total. The van der Waals surface area contributed by atoms with E-state index in [0.717, 1.165) is 30.2 Å². The summed E-state index contributed by atoms with van der Waals surface area (Å²) in [4.78, 5) is 12.9. The van der Waals surface area contributed by atoms with Gasteiger partial charge in [0.05, 0.1) is 24.4 Å². The Kier molecular flexibility index (Phi) is 5.84. The first-order valence-corrected chi connectivity index (χ1v) is 8.92. The molecule has 0 radical (unpaired) electrons. The number of anilines is 1. The average Bonchev–Trinajstić information content (AvgIpc) is 3.13. The molecule has 1 aromatic carbocycles. The largest absolute Gasteiger partial charge is 0.491 e. The molecule has 1 saturated heterocycles. The van der Waals surface area contributed by atoms with Crippen LogP contribution in [0.2, 0.25) is 0 Å². The molecule has 2 fully saturated rings. The third-order valence-electron chi connectivity index (χ3n) is 5.02. The summed E-state index contributed by atoms with van der Waals surface area (Å²) >= 11 is 0. The Morgan fingerprint density at radius 1 is 1.35 bits per heavy atom. The number of carbonyl (C=O) groups excluding carboxylic acids is 1. The minimum absolute atomic E-state index is 0. The summed E-state index contributed by atoms with van der Waals surface area (Å²) < 4.78 is 7.68. The molecule has 140 valence electrons. The summed E-state index contributed by atoms with van der Waals surface area (Å²) in [5, 5.41) is 10.6. The minimum atomic E-state index is -0.110. The molecule has 0 bridgehead atoms. The van der Waals surface area contributed by atoms with Crippen LogP contribution in [0.15, 0.2) is 36.7 Å². The highest BCUT2D eigenvalue weighted by molar-refractivity contribution is 5.95. The molecule has 0 unspecified atom stereocenters. The molecule has 6 nitrogen and oxygen atoms in total. The van der Waals surface area contributed by atoms with Gasteiger partial charge in [0.25, 0.3) is 0 Å². The van der Waals surface area contributed by atoms with Crippen LogP contribution in [0, 0.1) is 11.8 Å². The molecule has 1 aliphatic carbocycles. The predicted molar refractivity (Wildman–Crippen MR) is 103 cm³/mol. The normalized spacial score (nSPS) is 21.9. The summed E-state index contributed by atoms with van der Waals surface area (Å²) in [5.74, 6) is 1.50. The molecule has 2 aromatic rings. The molecule has 1 amide bonds. The first-order valence-electron chi connectivity index (χ1n) is 8.92. The lowest BCUT2D eigenvalue weighted by atomic mass is 9.90. The van der Waals surface area contributed by atoms with Crippen molar-refractivity contribution in [2.24, 2.45) is 18.9 Å². The maximum atomic E-state index is 12.9. The first kappa shape index (κ1) is 18.7. The van der Waals surface area contributed by atoms with E-state index >= 15 is 0 Å². The molecule has 2 atom stereocenters. The zero-order valence-electron chi connectivity index (χ0n) is 14.9. The average molecular weight is 377 g/mol. The number of nitrogens with one attached hydrogen (secondary N) is 2. The smallest absolute Gasteiger partial charge is 0.229 e. The molecule has 1 saturated carbocycles. The fraction of sp³-hybridized carbons (Fsp3) is 0.474. The van der Waals surface area contributed by atoms with Crippen LogP contribution in [0.25, 0.3) is 0 Å². The van der Waals surface area contributed by atoms with Gasteiger partial charge < -0.3 is 15.4 Å². The lowest BCUT2D eigenvalue weighted by Crippen LogP contribution is -2.28. The monoisotopic (exact) mass is 376 g/mol. The fourth-order valence-electron chi connectivity index (χ4n) is 3.35. The highest BCUT2D eigenvalue weighted by Crippen LogP contribution is 2.33. The number of carbonyl (C=O) groups is 1. The molecule has 2 aliphatic rings. The Hall–Kier alpha value is -2.05. The van der Waals surface area contributed by atoms with Gasteiger partial charge >= 0.3 is 0 Å². The predicted octanol–water partition coefficient (Wildman–Crippen LogP) is 2.57. The van der Waals surface area contributed by atoms with Crippen LogP contribution < -0.4 is 15.4 Å². The van der Waals surface area contributed by atoms with E-state index in [-0.39, 0.29) is 30.2 Å². The van der Waals surface area contributed by atoms with Crippen molar-refractivity contribution < 1.29 is 9.53 Å². The van der Waals surface area contributed by atoms with Crippen molar-refractivity contribution in [2.75, 3.05) is 25.0 Å². The van der Waals surface area contributed by atoms with E-state index in [1.54, 1.807) is 4.68 Å². The zero-order valence-corrected chi connectivity index (χ0v) is 15.7. The van der Waals surface area contributed by atoms with Gasteiger partial charge in [0.2, 0.25) is 5.91 Å². The second-order valence-electron chi connectivity index (χ2n) is 7.06. The van der Waals surface area contributed by atoms with E-state index in [1.807, 2.05) is 43.7 Å². The topological polar surface area (TPSA) is 68.2 Å². The SMILES string of the molecule is Cl.Cn1cc([C@H]2CNC[C@@H]2C(=O)Nc2ccccc2OCC2CC2)cn1. The van der Waals surface area contributed by atoms with E-state index in [4.69, 9.17) is 4.74 Å². The van der Waals surface area contributed by atoms with E-state index in [2.05, 4.69) is 15.7 Å². The summed E-state index contributed by atoms with van der Waals surface area (Å²) in [5.41, 5.74) is 1.86. The van der Waals surface area contributed by atoms with Crippen molar-refractivity contribution in [1.29, 1.82) is 0 Å². The maximum absolute atomic E-state index is 12.9. The van der Waals surface area contributed by atoms with Crippen molar-refractivity contribution in [3.8, 4) is 5.75 Å². The summed E-state index contributed by atoms with van der Waals surface area (Å²) in [6, 6.07) is 7.68. The number of ether oxygens (including phenoxy) is 1. The van der Waals surface area contributed by atoms with Gasteiger partial charge in [-0.05, 0) is 36.5 Å². The molecule has 7 heteroatoms. The van der Waals surface area contributed by atoms with Crippen LogP contribution in [-0.4, -0.2) is 35.4 Å². The number of hydrogen-bond donors (Lipinski definition) is 2. The Balaban J connectivity index is 0.00000196. The van der Waals surface area contributed by atoms with E-state index in [1.165, 1.54) is 12.8 Å². The number of halogens is 1. The Morgan fingerprint density at radius 2 is 2.15 bits per heavy atom. The number of aromatic nitrogens is 2. The van der Waals surface area contributed by atoms with Gasteiger partial charge in [-0.3, -0.25) is 9.48 Å². The molecule has 0 spiro atoms. The van der Waals surface area contributed by atoms with Gasteiger partial charge in [-0.2, -0.15) is 5.10 Å². The summed E-state index contributed by atoms with van der Waals surface area (Å²) in [6.45, 7) is 2.20. The molecule has 4 rings (SSSR count). The number of nitrogens with zero attached hydrogens (tertiary/aromatic N) is 2. The number of hydrogen-bond acceptors (Lipinski definition) is 4. The van der Waals surface area contributed by atoms with Gasteiger partial charge in [0.1, 0.15) is 5.75 Å². The quantitative estimate of drug-likeness (QED) is 0.813. The Morgan fingerprint density at radius 3 is 2.88 bits per heavy atom. The molecular formula is C19H25ClN4O2. The lowest BCUT2D eigenvalue weighted by molar-refractivity contribution is -0.119. The van der Waals surface area contributed by atoms with Crippen LogP contribution in [0.5, 0.6) is 5.75 Å². The number of rotatable bonds is 6. The van der Waals surface area contributed by atoms with Crippen molar-refractivity contribution in [3.63, 3.8) is 0 Å². The highest BCUT2D eigenvalue weighted by atomic mass is 35.5. The zero-order chi connectivity index (χ0) is 17.2. The second-order valence-corrected chi connectivity index (χ2v) is 7.06. The van der Waals surface area contributed by atoms with Gasteiger partial charge in [-0.15, -0.1) is 12.4 Å². The summed E-state index contributed by atoms with van der Waals surface area (Å²) in [6.07, 6.45) is 6.33. The van der Waals surface area contributed by atoms with Crippen LogP contribution in [0.1, 0.15) is 24.3 Å². The summed E-state index contributed by atoms with van der Waals surface area (Å²) in [7, 11) is 1.90. The second kappa shape index (κ2) is 8.10. The third kappa shape index (κ3) is 4.19. The standard InChI is InChI=1S/C19H24N4O2.ClH/c1-23-11-14(8-21-23)15-9-20-10-16(15)19(24)22-17-4-2-3-5-18(17)25-12-13-6-7-13;/h2-5,8,11,13,15-16,20H,6-7,9-10,12H2,1H3,(H,22,24);1H/t15-,16+;/m1./s1. The van der Waals surface area contributed by atoms with Gasteiger partial charge in [-0.25, -0.2) is 0 Å². The maximum Gasteiger partial charge on any atom is 0.229 e. The molecular weight excluding hydrogens is 352 g/mol. The minimum Gasteiger partial charge on any atom is -0.491 e.